The Hall–Kier alpha value is -0.960. The third-order valence-electron chi connectivity index (χ3n) is 3.25. The molecule has 112 valence electrons. The monoisotopic (exact) mass is 319 g/mol. The van der Waals surface area contributed by atoms with Crippen molar-refractivity contribution in [3.05, 3.63) is 24.3 Å². The van der Waals surface area contributed by atoms with Crippen molar-refractivity contribution in [1.29, 1.82) is 0 Å². The van der Waals surface area contributed by atoms with Crippen molar-refractivity contribution < 1.29 is 21.9 Å². The molecule has 1 aromatic carbocycles. The van der Waals surface area contributed by atoms with E-state index < -0.39 is 26.0 Å². The van der Waals surface area contributed by atoms with E-state index in [2.05, 4.69) is 0 Å². The van der Waals surface area contributed by atoms with Gasteiger partial charge in [-0.15, -0.1) is 0 Å². The number of nitrogens with zero attached hydrogens (tertiary/aromatic N) is 1. The van der Waals surface area contributed by atoms with Gasteiger partial charge in [0, 0.05) is 19.3 Å². The van der Waals surface area contributed by atoms with E-state index >= 15 is 0 Å². The first-order chi connectivity index (χ1) is 9.21. The summed E-state index contributed by atoms with van der Waals surface area (Å²) >= 11 is 0. The lowest BCUT2D eigenvalue weighted by atomic mass is 10.1. The highest BCUT2D eigenvalue weighted by Gasteiger charge is 2.29. The minimum Gasteiger partial charge on any atom is -0.392 e. The lowest BCUT2D eigenvalue weighted by Gasteiger charge is -2.29. The number of piperidine rings is 1. The summed E-state index contributed by atoms with van der Waals surface area (Å²) in [7, 11) is -7.03. The first-order valence-electron chi connectivity index (χ1n) is 6.19. The van der Waals surface area contributed by atoms with Crippen LogP contribution in [-0.2, 0) is 19.9 Å². The summed E-state index contributed by atoms with van der Waals surface area (Å²) in [5.41, 5.74) is 0. The van der Waals surface area contributed by atoms with Gasteiger partial charge in [-0.1, -0.05) is 0 Å². The second kappa shape index (κ2) is 5.44. The van der Waals surface area contributed by atoms with Crippen molar-refractivity contribution in [1.82, 2.24) is 4.31 Å². The molecular weight excluding hydrogens is 302 g/mol. The first-order valence-corrected chi connectivity index (χ1v) is 9.53. The highest BCUT2D eigenvalue weighted by molar-refractivity contribution is 7.90. The average Bonchev–Trinajstić information content (AvgIpc) is 2.38. The fraction of sp³-hybridized carbons (Fsp3) is 0.500. The molecule has 20 heavy (non-hydrogen) atoms. The van der Waals surface area contributed by atoms with Crippen LogP contribution in [0.2, 0.25) is 0 Å². The Balaban J connectivity index is 2.30. The van der Waals surface area contributed by atoms with E-state index in [1.807, 2.05) is 0 Å². The number of aliphatic hydroxyl groups excluding tert-OH is 1. The fourth-order valence-corrected chi connectivity index (χ4v) is 4.29. The van der Waals surface area contributed by atoms with Gasteiger partial charge < -0.3 is 5.11 Å². The Morgan fingerprint density at radius 2 is 1.65 bits per heavy atom. The molecule has 0 saturated carbocycles. The summed E-state index contributed by atoms with van der Waals surface area (Å²) in [6.07, 6.45) is 1.63. The number of aliphatic hydroxyl groups is 1. The predicted octanol–water partition coefficient (Wildman–Crippen LogP) is 0.235. The number of β-amino-alcohol motifs (C(OH)–C–C–N with tert-alkyl or cyclic N) is 1. The van der Waals surface area contributed by atoms with Crippen LogP contribution in [0.4, 0.5) is 0 Å². The van der Waals surface area contributed by atoms with E-state index in [1.165, 1.54) is 28.6 Å². The predicted molar refractivity (Wildman–Crippen MR) is 73.6 cm³/mol. The van der Waals surface area contributed by atoms with E-state index in [4.69, 9.17) is 0 Å². The third kappa shape index (κ3) is 3.20. The van der Waals surface area contributed by atoms with Gasteiger partial charge >= 0.3 is 0 Å². The lowest BCUT2D eigenvalue weighted by Crippen LogP contribution is -2.42. The molecule has 0 amide bonds. The van der Waals surface area contributed by atoms with Gasteiger partial charge in [-0.05, 0) is 37.1 Å². The molecule has 1 fully saturated rings. The number of rotatable bonds is 3. The maximum Gasteiger partial charge on any atom is 0.243 e. The van der Waals surface area contributed by atoms with Crippen LogP contribution in [0.25, 0.3) is 0 Å². The molecule has 1 heterocycles. The molecule has 0 radical (unpaired) electrons. The standard InChI is InChI=1S/C12H17NO5S2/c1-19(15,16)11-4-6-12(7-5-11)20(17,18)13-8-2-3-10(14)9-13/h4-7,10,14H,2-3,8-9H2,1H3. The maximum absolute atomic E-state index is 12.4. The van der Waals surface area contributed by atoms with Crippen molar-refractivity contribution in [3.8, 4) is 0 Å². The van der Waals surface area contributed by atoms with Gasteiger partial charge in [0.2, 0.25) is 10.0 Å². The van der Waals surface area contributed by atoms with Crippen LogP contribution in [0.3, 0.4) is 0 Å². The van der Waals surface area contributed by atoms with Crippen LogP contribution in [0.5, 0.6) is 0 Å². The van der Waals surface area contributed by atoms with Crippen LogP contribution in [0, 0.1) is 0 Å². The van der Waals surface area contributed by atoms with E-state index in [0.29, 0.717) is 19.4 Å². The van der Waals surface area contributed by atoms with Crippen molar-refractivity contribution in [2.24, 2.45) is 0 Å². The van der Waals surface area contributed by atoms with Gasteiger partial charge in [-0.2, -0.15) is 4.31 Å². The van der Waals surface area contributed by atoms with Crippen LogP contribution >= 0.6 is 0 Å². The summed E-state index contributed by atoms with van der Waals surface area (Å²) in [6.45, 7) is 0.448. The molecule has 6 nitrogen and oxygen atoms in total. The summed E-state index contributed by atoms with van der Waals surface area (Å²) in [4.78, 5) is 0.120. The Labute approximate surface area is 119 Å². The molecule has 1 atom stereocenters. The zero-order valence-corrected chi connectivity index (χ0v) is 12.7. The number of hydrogen-bond acceptors (Lipinski definition) is 5. The Bertz CT molecular complexity index is 679. The molecule has 1 aliphatic heterocycles. The normalized spacial score (nSPS) is 21.8. The molecule has 2 rings (SSSR count). The topological polar surface area (TPSA) is 91.8 Å². The van der Waals surface area contributed by atoms with Gasteiger partial charge in [0.15, 0.2) is 9.84 Å². The number of hydrogen-bond donors (Lipinski definition) is 1. The molecule has 0 aromatic heterocycles. The second-order valence-electron chi connectivity index (χ2n) is 4.90. The van der Waals surface area contributed by atoms with Gasteiger partial charge in [0.1, 0.15) is 0 Å². The van der Waals surface area contributed by atoms with Gasteiger partial charge in [-0.25, -0.2) is 16.8 Å². The number of sulfonamides is 1. The van der Waals surface area contributed by atoms with Gasteiger partial charge in [-0.3, -0.25) is 0 Å². The summed E-state index contributed by atoms with van der Waals surface area (Å²) in [5, 5.41) is 9.56. The number of sulfone groups is 1. The zero-order chi connectivity index (χ0) is 15.0. The van der Waals surface area contributed by atoms with Crippen LogP contribution in [0.15, 0.2) is 34.1 Å². The average molecular weight is 319 g/mol. The van der Waals surface area contributed by atoms with Gasteiger partial charge in [0.25, 0.3) is 0 Å². The Kier molecular flexibility index (Phi) is 4.19. The van der Waals surface area contributed by atoms with Crippen LogP contribution < -0.4 is 0 Å². The van der Waals surface area contributed by atoms with Gasteiger partial charge in [0.05, 0.1) is 15.9 Å². The van der Waals surface area contributed by atoms with Crippen molar-refractivity contribution in [2.75, 3.05) is 19.3 Å². The minimum atomic E-state index is -3.68. The molecule has 0 bridgehead atoms. The molecule has 1 saturated heterocycles. The highest BCUT2D eigenvalue weighted by Crippen LogP contribution is 2.22. The maximum atomic E-state index is 12.4. The molecular formula is C12H17NO5S2. The Morgan fingerprint density at radius 1 is 1.10 bits per heavy atom. The molecule has 0 spiro atoms. The van der Waals surface area contributed by atoms with Crippen molar-refractivity contribution >= 4 is 19.9 Å². The van der Waals surface area contributed by atoms with E-state index in [-0.39, 0.29) is 16.3 Å². The number of benzene rings is 1. The SMILES string of the molecule is CS(=O)(=O)c1ccc(S(=O)(=O)N2CCCC(O)C2)cc1. The Morgan fingerprint density at radius 3 is 2.15 bits per heavy atom. The summed E-state index contributed by atoms with van der Waals surface area (Å²) < 4.78 is 48.6. The minimum absolute atomic E-state index is 0.0407. The zero-order valence-electron chi connectivity index (χ0n) is 11.1. The highest BCUT2D eigenvalue weighted by atomic mass is 32.2. The molecule has 1 aromatic rings. The molecule has 1 unspecified atom stereocenters. The van der Waals surface area contributed by atoms with Crippen LogP contribution in [0.1, 0.15) is 12.8 Å². The molecule has 8 heteroatoms. The molecule has 1 aliphatic rings. The van der Waals surface area contributed by atoms with E-state index in [9.17, 15) is 21.9 Å². The quantitative estimate of drug-likeness (QED) is 0.861. The van der Waals surface area contributed by atoms with E-state index in [0.717, 1.165) is 6.26 Å². The smallest absolute Gasteiger partial charge is 0.243 e. The van der Waals surface area contributed by atoms with Crippen molar-refractivity contribution in [3.63, 3.8) is 0 Å². The van der Waals surface area contributed by atoms with E-state index in [1.54, 1.807) is 0 Å². The van der Waals surface area contributed by atoms with Crippen molar-refractivity contribution in [2.45, 2.75) is 28.7 Å². The molecule has 0 aliphatic carbocycles. The third-order valence-corrected chi connectivity index (χ3v) is 6.26. The lowest BCUT2D eigenvalue weighted by molar-refractivity contribution is 0.108. The summed E-state index contributed by atoms with van der Waals surface area (Å²) in [5.74, 6) is 0. The van der Waals surface area contributed by atoms with Crippen LogP contribution in [-0.4, -0.2) is 51.7 Å². The largest absolute Gasteiger partial charge is 0.392 e. The first kappa shape index (κ1) is 15.4. The second-order valence-corrected chi connectivity index (χ2v) is 8.86. The molecule has 1 N–H and O–H groups in total. The fourth-order valence-electron chi connectivity index (χ4n) is 2.15. The summed E-state index contributed by atoms with van der Waals surface area (Å²) in [6, 6.07) is 5.13.